The fourth-order valence-corrected chi connectivity index (χ4v) is 3.46. The Kier molecular flexibility index (Phi) is 4.22. The summed E-state index contributed by atoms with van der Waals surface area (Å²) in [7, 11) is 0. The number of benzene rings is 1. The van der Waals surface area contributed by atoms with Gasteiger partial charge in [-0.25, -0.2) is 9.37 Å². The summed E-state index contributed by atoms with van der Waals surface area (Å²) in [6.45, 7) is 2.30. The van der Waals surface area contributed by atoms with E-state index in [2.05, 4.69) is 15.5 Å². The van der Waals surface area contributed by atoms with Crippen molar-refractivity contribution in [3.05, 3.63) is 59.2 Å². The van der Waals surface area contributed by atoms with Crippen LogP contribution in [0, 0.1) is 5.82 Å². The number of hydrogen-bond acceptors (Lipinski definition) is 5. The van der Waals surface area contributed by atoms with Crippen LogP contribution in [0.3, 0.4) is 0 Å². The van der Waals surface area contributed by atoms with Crippen LogP contribution in [0.2, 0.25) is 0 Å². The molecule has 0 fully saturated rings. The van der Waals surface area contributed by atoms with Gasteiger partial charge in [-0.2, -0.15) is 0 Å². The Morgan fingerprint density at radius 2 is 2.12 bits per heavy atom. The molecule has 0 radical (unpaired) electrons. The van der Waals surface area contributed by atoms with Crippen LogP contribution in [0.4, 0.5) is 4.39 Å². The number of carbonyl (C=O) groups excluding carboxylic acids is 1. The number of rotatable bonds is 4. The number of amides is 1. The summed E-state index contributed by atoms with van der Waals surface area (Å²) in [6.07, 6.45) is 0. The second-order valence-electron chi connectivity index (χ2n) is 5.58. The third kappa shape index (κ3) is 2.76. The Hall–Kier alpha value is -3.06. The molecule has 3 heterocycles. The SMILES string of the molecule is CCNC(=O)c1cc(-c2cccs2)nc2onc(-c3ccccc3F)c12. The average molecular weight is 367 g/mol. The molecule has 5 nitrogen and oxygen atoms in total. The fourth-order valence-electron chi connectivity index (χ4n) is 2.77. The zero-order valence-electron chi connectivity index (χ0n) is 13.8. The van der Waals surface area contributed by atoms with E-state index in [4.69, 9.17) is 4.52 Å². The first kappa shape index (κ1) is 16.4. The molecule has 130 valence electrons. The molecule has 26 heavy (non-hydrogen) atoms. The Balaban J connectivity index is 1.99. The molecule has 0 spiro atoms. The molecule has 1 N–H and O–H groups in total. The zero-order valence-corrected chi connectivity index (χ0v) is 14.6. The topological polar surface area (TPSA) is 68.0 Å². The van der Waals surface area contributed by atoms with Gasteiger partial charge in [-0.3, -0.25) is 4.79 Å². The van der Waals surface area contributed by atoms with E-state index < -0.39 is 5.82 Å². The summed E-state index contributed by atoms with van der Waals surface area (Å²) in [4.78, 5) is 18.0. The molecule has 1 amide bonds. The lowest BCUT2D eigenvalue weighted by atomic mass is 10.0. The Bertz CT molecular complexity index is 1090. The van der Waals surface area contributed by atoms with Crippen molar-refractivity contribution in [1.82, 2.24) is 15.5 Å². The molecule has 4 aromatic rings. The maximum atomic E-state index is 14.3. The Morgan fingerprint density at radius 3 is 2.85 bits per heavy atom. The number of halogens is 1. The molecule has 0 aliphatic rings. The summed E-state index contributed by atoms with van der Waals surface area (Å²) in [6, 6.07) is 11.8. The minimum Gasteiger partial charge on any atom is -0.352 e. The van der Waals surface area contributed by atoms with E-state index in [9.17, 15) is 9.18 Å². The predicted molar refractivity (Wildman–Crippen MR) is 98.5 cm³/mol. The van der Waals surface area contributed by atoms with Crippen LogP contribution in [-0.2, 0) is 0 Å². The van der Waals surface area contributed by atoms with E-state index in [1.54, 1.807) is 24.3 Å². The van der Waals surface area contributed by atoms with Gasteiger partial charge in [0.05, 0.1) is 21.5 Å². The van der Waals surface area contributed by atoms with E-state index in [0.29, 0.717) is 23.2 Å². The highest BCUT2D eigenvalue weighted by Crippen LogP contribution is 2.34. The maximum Gasteiger partial charge on any atom is 0.259 e. The molecule has 0 aliphatic heterocycles. The molecule has 0 unspecified atom stereocenters. The number of nitrogens with zero attached hydrogens (tertiary/aromatic N) is 2. The molecule has 1 aromatic carbocycles. The summed E-state index contributed by atoms with van der Waals surface area (Å²) in [5, 5.41) is 9.11. The van der Waals surface area contributed by atoms with Gasteiger partial charge in [0.15, 0.2) is 0 Å². The van der Waals surface area contributed by atoms with Gasteiger partial charge >= 0.3 is 0 Å². The molecule has 0 aliphatic carbocycles. The molecule has 3 aromatic heterocycles. The lowest BCUT2D eigenvalue weighted by Crippen LogP contribution is -2.23. The quantitative estimate of drug-likeness (QED) is 0.576. The van der Waals surface area contributed by atoms with E-state index in [-0.39, 0.29) is 22.9 Å². The van der Waals surface area contributed by atoms with Gasteiger partial charge in [-0.15, -0.1) is 11.3 Å². The molecule has 0 bridgehead atoms. The molecule has 0 atom stereocenters. The van der Waals surface area contributed by atoms with Crippen molar-refractivity contribution < 1.29 is 13.7 Å². The van der Waals surface area contributed by atoms with Crippen molar-refractivity contribution in [2.75, 3.05) is 6.54 Å². The normalized spacial score (nSPS) is 11.0. The smallest absolute Gasteiger partial charge is 0.259 e. The van der Waals surface area contributed by atoms with Crippen LogP contribution in [-0.4, -0.2) is 22.6 Å². The van der Waals surface area contributed by atoms with Gasteiger partial charge in [-0.1, -0.05) is 23.4 Å². The number of aromatic nitrogens is 2. The summed E-state index contributed by atoms with van der Waals surface area (Å²) in [5.41, 5.74) is 1.72. The van der Waals surface area contributed by atoms with Crippen LogP contribution in [0.1, 0.15) is 17.3 Å². The Labute approximate surface area is 152 Å². The van der Waals surface area contributed by atoms with Crippen molar-refractivity contribution in [2.24, 2.45) is 0 Å². The van der Waals surface area contributed by atoms with Gasteiger partial charge in [0.2, 0.25) is 0 Å². The molecular formula is C19H14FN3O2S. The zero-order chi connectivity index (χ0) is 18.1. The van der Waals surface area contributed by atoms with Crippen LogP contribution < -0.4 is 5.32 Å². The van der Waals surface area contributed by atoms with Crippen molar-refractivity contribution >= 4 is 28.3 Å². The second kappa shape index (κ2) is 6.68. The summed E-state index contributed by atoms with van der Waals surface area (Å²) < 4.78 is 19.6. The van der Waals surface area contributed by atoms with Gasteiger partial charge in [0, 0.05) is 12.1 Å². The van der Waals surface area contributed by atoms with Crippen LogP contribution in [0.5, 0.6) is 0 Å². The van der Waals surface area contributed by atoms with Crippen LogP contribution >= 0.6 is 11.3 Å². The van der Waals surface area contributed by atoms with E-state index in [1.165, 1.54) is 17.4 Å². The molecule has 7 heteroatoms. The third-order valence-corrected chi connectivity index (χ3v) is 4.82. The van der Waals surface area contributed by atoms with Crippen molar-refractivity contribution in [1.29, 1.82) is 0 Å². The van der Waals surface area contributed by atoms with Crippen molar-refractivity contribution in [3.8, 4) is 21.8 Å². The first-order valence-corrected chi connectivity index (χ1v) is 8.94. The van der Waals surface area contributed by atoms with E-state index >= 15 is 0 Å². The summed E-state index contributed by atoms with van der Waals surface area (Å²) >= 11 is 1.51. The molecular weight excluding hydrogens is 353 g/mol. The third-order valence-electron chi connectivity index (χ3n) is 3.93. The number of pyridine rings is 1. The largest absolute Gasteiger partial charge is 0.352 e. The number of hydrogen-bond donors (Lipinski definition) is 1. The highest BCUT2D eigenvalue weighted by molar-refractivity contribution is 7.13. The van der Waals surface area contributed by atoms with Gasteiger partial charge in [0.1, 0.15) is 11.5 Å². The first-order chi connectivity index (χ1) is 12.7. The lowest BCUT2D eigenvalue weighted by molar-refractivity contribution is 0.0957. The number of thiophene rings is 1. The van der Waals surface area contributed by atoms with Gasteiger partial charge in [-0.05, 0) is 36.6 Å². The van der Waals surface area contributed by atoms with Gasteiger partial charge < -0.3 is 9.84 Å². The predicted octanol–water partition coefficient (Wildman–Crippen LogP) is 4.51. The number of fused-ring (bicyclic) bond motifs is 1. The van der Waals surface area contributed by atoms with Crippen LogP contribution in [0.15, 0.2) is 52.4 Å². The fraction of sp³-hybridized carbons (Fsp3) is 0.105. The highest BCUT2D eigenvalue weighted by Gasteiger charge is 2.23. The van der Waals surface area contributed by atoms with Crippen molar-refractivity contribution in [2.45, 2.75) is 6.92 Å². The number of nitrogens with one attached hydrogen (secondary N) is 1. The minimum atomic E-state index is -0.438. The number of carbonyl (C=O) groups is 1. The van der Waals surface area contributed by atoms with Crippen molar-refractivity contribution in [3.63, 3.8) is 0 Å². The second-order valence-corrected chi connectivity index (χ2v) is 6.53. The minimum absolute atomic E-state index is 0.204. The van der Waals surface area contributed by atoms with Crippen LogP contribution in [0.25, 0.3) is 32.9 Å². The van der Waals surface area contributed by atoms with Gasteiger partial charge in [0.25, 0.3) is 11.6 Å². The first-order valence-electron chi connectivity index (χ1n) is 8.06. The molecule has 4 rings (SSSR count). The standard InChI is InChI=1S/C19H14FN3O2S/c1-2-21-18(24)12-10-14(15-8-5-9-26-15)22-19-16(12)17(23-25-19)11-6-3-4-7-13(11)20/h3-10H,2H2,1H3,(H,21,24). The monoisotopic (exact) mass is 367 g/mol. The lowest BCUT2D eigenvalue weighted by Gasteiger charge is -2.07. The highest BCUT2D eigenvalue weighted by atomic mass is 32.1. The molecule has 0 saturated heterocycles. The molecule has 0 saturated carbocycles. The maximum absolute atomic E-state index is 14.3. The summed E-state index contributed by atoms with van der Waals surface area (Å²) in [5.74, 6) is -0.717. The van der Waals surface area contributed by atoms with E-state index in [0.717, 1.165) is 4.88 Å². The average Bonchev–Trinajstić information content (AvgIpc) is 3.31. The van der Waals surface area contributed by atoms with E-state index in [1.807, 2.05) is 24.4 Å². The Morgan fingerprint density at radius 1 is 1.27 bits per heavy atom.